The molecule has 1 amide bonds. The van der Waals surface area contributed by atoms with E-state index in [2.05, 4.69) is 27.9 Å². The Bertz CT molecular complexity index is 930. The fraction of sp³-hybridized carbons (Fsp3) is 0.273. The fourth-order valence-electron chi connectivity index (χ4n) is 3.14. The van der Waals surface area contributed by atoms with Crippen LogP contribution in [0.25, 0.3) is 6.08 Å². The van der Waals surface area contributed by atoms with E-state index in [-0.39, 0.29) is 17.5 Å². The molecule has 1 aliphatic carbocycles. The minimum absolute atomic E-state index is 0.118. The minimum atomic E-state index is -0.302. The molecule has 6 heteroatoms. The topological polar surface area (TPSA) is 62.1 Å². The first-order valence-electron chi connectivity index (χ1n) is 9.15. The Hall–Kier alpha value is -2.04. The van der Waals surface area contributed by atoms with Crippen LogP contribution in [0, 0.1) is 14.9 Å². The summed E-state index contributed by atoms with van der Waals surface area (Å²) >= 11 is 8.34. The van der Waals surface area contributed by atoms with E-state index in [1.54, 1.807) is 6.08 Å². The SMILES string of the molecule is N#C/C(=C/c1ccc(OCc2ccccc2Cl)c(I)c1)C(=O)NC1CCCC1. The molecule has 0 spiro atoms. The minimum Gasteiger partial charge on any atom is -0.488 e. The number of halogens is 2. The molecule has 0 atom stereocenters. The number of nitrogens with zero attached hydrogens (tertiary/aromatic N) is 1. The van der Waals surface area contributed by atoms with Crippen LogP contribution in [0.15, 0.2) is 48.0 Å². The van der Waals surface area contributed by atoms with Crippen LogP contribution < -0.4 is 10.1 Å². The van der Waals surface area contributed by atoms with E-state index in [4.69, 9.17) is 16.3 Å². The quantitative estimate of drug-likeness (QED) is 0.320. The number of nitrogens with one attached hydrogen (secondary N) is 1. The van der Waals surface area contributed by atoms with E-state index in [1.165, 1.54) is 0 Å². The lowest BCUT2D eigenvalue weighted by Crippen LogP contribution is -2.33. The van der Waals surface area contributed by atoms with Gasteiger partial charge >= 0.3 is 0 Å². The van der Waals surface area contributed by atoms with Crippen molar-refractivity contribution in [3.63, 3.8) is 0 Å². The van der Waals surface area contributed by atoms with Crippen molar-refractivity contribution < 1.29 is 9.53 Å². The highest BCUT2D eigenvalue weighted by Gasteiger charge is 2.19. The molecule has 0 heterocycles. The second kappa shape index (κ2) is 9.94. The van der Waals surface area contributed by atoms with Gasteiger partial charge in [0.2, 0.25) is 0 Å². The molecule has 0 bridgehead atoms. The Morgan fingerprint density at radius 3 is 2.71 bits per heavy atom. The number of carbonyl (C=O) groups is 1. The van der Waals surface area contributed by atoms with Crippen LogP contribution in [0.1, 0.15) is 36.8 Å². The second-order valence-corrected chi connectivity index (χ2v) is 8.26. The average molecular weight is 507 g/mol. The molecule has 0 aliphatic heterocycles. The number of hydrogen-bond donors (Lipinski definition) is 1. The molecule has 1 N–H and O–H groups in total. The van der Waals surface area contributed by atoms with Gasteiger partial charge in [0.05, 0.1) is 3.57 Å². The van der Waals surface area contributed by atoms with Crippen LogP contribution in [0.5, 0.6) is 5.75 Å². The van der Waals surface area contributed by atoms with Crippen molar-refractivity contribution in [1.82, 2.24) is 5.32 Å². The molecular formula is C22H20ClIN2O2. The van der Waals surface area contributed by atoms with Crippen molar-refractivity contribution in [1.29, 1.82) is 5.26 Å². The van der Waals surface area contributed by atoms with E-state index in [1.807, 2.05) is 48.5 Å². The van der Waals surface area contributed by atoms with Crippen LogP contribution >= 0.6 is 34.2 Å². The summed E-state index contributed by atoms with van der Waals surface area (Å²) in [7, 11) is 0. The number of nitriles is 1. The molecule has 2 aromatic carbocycles. The zero-order chi connectivity index (χ0) is 19.9. The summed E-state index contributed by atoms with van der Waals surface area (Å²) in [5, 5.41) is 13.0. The molecule has 0 radical (unpaired) electrons. The highest BCUT2D eigenvalue weighted by atomic mass is 127. The number of amides is 1. The molecule has 0 unspecified atom stereocenters. The maximum atomic E-state index is 12.3. The third-order valence-electron chi connectivity index (χ3n) is 4.66. The molecular weight excluding hydrogens is 487 g/mol. The third kappa shape index (κ3) is 5.49. The molecule has 2 aromatic rings. The summed E-state index contributed by atoms with van der Waals surface area (Å²) in [5.74, 6) is 0.426. The Kier molecular flexibility index (Phi) is 7.35. The predicted octanol–water partition coefficient (Wildman–Crippen LogP) is 5.49. The van der Waals surface area contributed by atoms with Crippen molar-refractivity contribution >= 4 is 46.2 Å². The molecule has 0 saturated heterocycles. The fourth-order valence-corrected chi connectivity index (χ4v) is 4.03. The van der Waals surface area contributed by atoms with E-state index in [9.17, 15) is 10.1 Å². The smallest absolute Gasteiger partial charge is 0.262 e. The Morgan fingerprint density at radius 2 is 2.04 bits per heavy atom. The van der Waals surface area contributed by atoms with Gasteiger partial charge in [-0.05, 0) is 65.3 Å². The van der Waals surface area contributed by atoms with Gasteiger partial charge in [0.15, 0.2) is 0 Å². The van der Waals surface area contributed by atoms with Crippen LogP contribution in [0.3, 0.4) is 0 Å². The van der Waals surface area contributed by atoms with Crippen molar-refractivity contribution in [3.05, 3.63) is 67.8 Å². The van der Waals surface area contributed by atoms with E-state index in [0.717, 1.165) is 46.1 Å². The zero-order valence-corrected chi connectivity index (χ0v) is 18.2. The standard InChI is InChI=1S/C22H20ClIN2O2/c23-19-8-4-1-5-16(19)14-28-21-10-9-15(12-20(21)24)11-17(13-25)22(27)26-18-6-2-3-7-18/h1,4-5,8-12,18H,2-3,6-7,14H2,(H,26,27)/b17-11-. The highest BCUT2D eigenvalue weighted by molar-refractivity contribution is 14.1. The van der Waals surface area contributed by atoms with Gasteiger partial charge in [0, 0.05) is 16.6 Å². The van der Waals surface area contributed by atoms with E-state index in [0.29, 0.717) is 11.6 Å². The third-order valence-corrected chi connectivity index (χ3v) is 5.88. The van der Waals surface area contributed by atoms with Crippen molar-refractivity contribution in [2.45, 2.75) is 38.3 Å². The lowest BCUT2D eigenvalue weighted by atomic mass is 10.1. The highest BCUT2D eigenvalue weighted by Crippen LogP contribution is 2.26. The zero-order valence-electron chi connectivity index (χ0n) is 15.3. The molecule has 28 heavy (non-hydrogen) atoms. The number of ether oxygens (including phenoxy) is 1. The van der Waals surface area contributed by atoms with Crippen LogP contribution in [-0.2, 0) is 11.4 Å². The summed E-state index contributed by atoms with van der Waals surface area (Å²) in [6, 6.07) is 15.3. The maximum Gasteiger partial charge on any atom is 0.262 e. The van der Waals surface area contributed by atoms with Gasteiger partial charge in [-0.1, -0.05) is 48.7 Å². The lowest BCUT2D eigenvalue weighted by Gasteiger charge is -2.12. The van der Waals surface area contributed by atoms with Gasteiger partial charge in [0.1, 0.15) is 24.0 Å². The Labute approximate surface area is 183 Å². The molecule has 4 nitrogen and oxygen atoms in total. The van der Waals surface area contributed by atoms with Crippen molar-refractivity contribution in [2.24, 2.45) is 0 Å². The summed E-state index contributed by atoms with van der Waals surface area (Å²) in [5.41, 5.74) is 1.82. The second-order valence-electron chi connectivity index (χ2n) is 6.69. The molecule has 3 rings (SSSR count). The summed E-state index contributed by atoms with van der Waals surface area (Å²) < 4.78 is 6.76. The molecule has 1 fully saturated rings. The summed E-state index contributed by atoms with van der Waals surface area (Å²) in [4.78, 5) is 12.3. The van der Waals surface area contributed by atoms with Gasteiger partial charge in [-0.15, -0.1) is 0 Å². The molecule has 1 saturated carbocycles. The first-order valence-corrected chi connectivity index (χ1v) is 10.6. The largest absolute Gasteiger partial charge is 0.488 e. The van der Waals surface area contributed by atoms with Gasteiger partial charge in [0.25, 0.3) is 5.91 Å². The monoisotopic (exact) mass is 506 g/mol. The van der Waals surface area contributed by atoms with E-state index < -0.39 is 0 Å². The normalized spacial score (nSPS) is 14.5. The number of benzene rings is 2. The number of rotatable bonds is 6. The van der Waals surface area contributed by atoms with Crippen LogP contribution in [-0.4, -0.2) is 11.9 Å². The van der Waals surface area contributed by atoms with Gasteiger partial charge in [-0.25, -0.2) is 0 Å². The van der Waals surface area contributed by atoms with Gasteiger partial charge in [-0.3, -0.25) is 4.79 Å². The maximum absolute atomic E-state index is 12.3. The summed E-state index contributed by atoms with van der Waals surface area (Å²) in [6.45, 7) is 0.373. The molecule has 1 aliphatic rings. The first-order chi connectivity index (χ1) is 13.6. The van der Waals surface area contributed by atoms with Crippen LogP contribution in [0.2, 0.25) is 5.02 Å². The average Bonchev–Trinajstić information content (AvgIpc) is 3.19. The lowest BCUT2D eigenvalue weighted by molar-refractivity contribution is -0.117. The summed E-state index contributed by atoms with van der Waals surface area (Å²) in [6.07, 6.45) is 5.85. The number of carbonyl (C=O) groups excluding carboxylic acids is 1. The molecule has 0 aromatic heterocycles. The van der Waals surface area contributed by atoms with Crippen molar-refractivity contribution in [3.8, 4) is 11.8 Å². The van der Waals surface area contributed by atoms with Gasteiger partial charge < -0.3 is 10.1 Å². The number of hydrogen-bond acceptors (Lipinski definition) is 3. The Balaban J connectivity index is 1.68. The Morgan fingerprint density at radius 1 is 1.29 bits per heavy atom. The van der Waals surface area contributed by atoms with Gasteiger partial charge in [-0.2, -0.15) is 5.26 Å². The first kappa shape index (κ1) is 20.7. The predicted molar refractivity (Wildman–Crippen MR) is 119 cm³/mol. The van der Waals surface area contributed by atoms with Crippen LogP contribution in [0.4, 0.5) is 0 Å². The van der Waals surface area contributed by atoms with Crippen molar-refractivity contribution in [2.75, 3.05) is 0 Å². The van der Waals surface area contributed by atoms with E-state index >= 15 is 0 Å². The molecule has 144 valence electrons.